The third-order valence-corrected chi connectivity index (χ3v) is 6.55. The van der Waals surface area contributed by atoms with E-state index in [0.29, 0.717) is 11.1 Å². The first-order valence-electron chi connectivity index (χ1n) is 7.71. The number of urea groups is 1. The zero-order valence-corrected chi connectivity index (χ0v) is 16.4. The summed E-state index contributed by atoms with van der Waals surface area (Å²) < 4.78 is 11.0. The minimum Gasteiger partial charge on any atom is -0.424 e. The van der Waals surface area contributed by atoms with E-state index in [1.807, 2.05) is 13.8 Å². The van der Waals surface area contributed by atoms with Crippen LogP contribution in [-0.4, -0.2) is 56.8 Å². The molecule has 0 aromatic heterocycles. The van der Waals surface area contributed by atoms with Gasteiger partial charge in [0, 0.05) is 26.3 Å². The molecule has 0 heterocycles. The summed E-state index contributed by atoms with van der Waals surface area (Å²) in [6, 6.07) is -0.305. The molecule has 0 saturated heterocycles. The highest BCUT2D eigenvalue weighted by Crippen LogP contribution is 2.12. The standard InChI is InChI=1S/C13H32N2O3Si2/c1-5-17-19-11(3)7-9-15(13(14)16)10-8-12(4)20-18-6-2/h11-12H,5-10,19-20H2,1-4H3,(H2,14,16). The van der Waals surface area contributed by atoms with Crippen LogP contribution in [0.15, 0.2) is 0 Å². The molecule has 0 aromatic rings. The quantitative estimate of drug-likeness (QED) is 0.546. The van der Waals surface area contributed by atoms with E-state index in [-0.39, 0.29) is 6.03 Å². The van der Waals surface area contributed by atoms with Crippen molar-refractivity contribution in [3.05, 3.63) is 0 Å². The summed E-state index contributed by atoms with van der Waals surface area (Å²) in [6.45, 7) is 11.6. The van der Waals surface area contributed by atoms with Gasteiger partial charge < -0.3 is 19.5 Å². The first-order valence-corrected chi connectivity index (χ1v) is 10.5. The molecule has 0 saturated carbocycles. The molecule has 2 atom stereocenters. The molecule has 0 spiro atoms. The van der Waals surface area contributed by atoms with Crippen LogP contribution >= 0.6 is 0 Å². The normalized spacial score (nSPS) is 15.2. The highest BCUT2D eigenvalue weighted by Gasteiger charge is 2.14. The Hall–Kier alpha value is -0.376. The largest absolute Gasteiger partial charge is 0.424 e. The van der Waals surface area contributed by atoms with Crippen LogP contribution in [0.4, 0.5) is 4.79 Å². The van der Waals surface area contributed by atoms with E-state index < -0.39 is 19.5 Å². The molecule has 0 aromatic carbocycles. The van der Waals surface area contributed by atoms with E-state index in [9.17, 15) is 4.79 Å². The Balaban J connectivity index is 3.95. The van der Waals surface area contributed by atoms with Gasteiger partial charge in [0.2, 0.25) is 0 Å². The molecule has 2 amide bonds. The van der Waals surface area contributed by atoms with E-state index in [1.165, 1.54) is 0 Å². The van der Waals surface area contributed by atoms with Crippen LogP contribution in [-0.2, 0) is 8.85 Å². The first kappa shape index (κ1) is 19.6. The predicted molar refractivity (Wildman–Crippen MR) is 89.6 cm³/mol. The van der Waals surface area contributed by atoms with Gasteiger partial charge in [0.05, 0.1) is 0 Å². The van der Waals surface area contributed by atoms with Gasteiger partial charge >= 0.3 is 6.03 Å². The second-order valence-electron chi connectivity index (χ2n) is 5.43. The second-order valence-corrected chi connectivity index (χ2v) is 9.70. The van der Waals surface area contributed by atoms with Crippen molar-refractivity contribution >= 4 is 25.6 Å². The molecule has 2 N–H and O–H groups in total. The lowest BCUT2D eigenvalue weighted by molar-refractivity contribution is 0.205. The number of rotatable bonds is 12. The highest BCUT2D eigenvalue weighted by molar-refractivity contribution is 6.29. The monoisotopic (exact) mass is 320 g/mol. The fourth-order valence-electron chi connectivity index (χ4n) is 1.89. The zero-order valence-electron chi connectivity index (χ0n) is 13.6. The van der Waals surface area contributed by atoms with Crippen molar-refractivity contribution in [2.45, 2.75) is 51.6 Å². The second kappa shape index (κ2) is 12.4. The number of carbonyl (C=O) groups excluding carboxylic acids is 1. The molecule has 0 rings (SSSR count). The van der Waals surface area contributed by atoms with Crippen LogP contribution in [0.1, 0.15) is 40.5 Å². The Morgan fingerprint density at radius 1 is 1.05 bits per heavy atom. The molecule has 0 aliphatic rings. The number of nitrogens with two attached hydrogens (primary N) is 1. The molecule has 2 unspecified atom stereocenters. The molecule has 5 nitrogen and oxygen atoms in total. The third kappa shape index (κ3) is 10.4. The number of amides is 2. The number of primary amides is 1. The molecule has 0 fully saturated rings. The Bertz CT molecular complexity index is 240. The summed E-state index contributed by atoms with van der Waals surface area (Å²) in [4.78, 5) is 13.2. The summed E-state index contributed by atoms with van der Waals surface area (Å²) in [5.74, 6) is 0. The summed E-state index contributed by atoms with van der Waals surface area (Å²) in [5, 5.41) is 0. The van der Waals surface area contributed by atoms with Crippen LogP contribution in [0.5, 0.6) is 0 Å². The number of nitrogens with zero attached hydrogens (tertiary/aromatic N) is 1. The van der Waals surface area contributed by atoms with E-state index in [2.05, 4.69) is 13.8 Å². The maximum absolute atomic E-state index is 11.5. The number of carbonyl (C=O) groups is 1. The lowest BCUT2D eigenvalue weighted by Crippen LogP contribution is -2.38. The Morgan fingerprint density at radius 3 is 1.75 bits per heavy atom. The van der Waals surface area contributed by atoms with Gasteiger partial charge in [-0.15, -0.1) is 0 Å². The van der Waals surface area contributed by atoms with Gasteiger partial charge in [-0.1, -0.05) is 13.8 Å². The van der Waals surface area contributed by atoms with E-state index >= 15 is 0 Å². The maximum atomic E-state index is 11.5. The van der Waals surface area contributed by atoms with Crippen molar-refractivity contribution < 1.29 is 13.6 Å². The molecular formula is C13H32N2O3Si2. The molecule has 7 heteroatoms. The fraction of sp³-hybridized carbons (Fsp3) is 0.923. The van der Waals surface area contributed by atoms with Crippen LogP contribution < -0.4 is 5.73 Å². The van der Waals surface area contributed by atoms with Crippen molar-refractivity contribution in [3.8, 4) is 0 Å². The predicted octanol–water partition coefficient (Wildman–Crippen LogP) is 1.00. The van der Waals surface area contributed by atoms with E-state index in [0.717, 1.165) is 39.1 Å². The first-order chi connectivity index (χ1) is 9.51. The highest BCUT2D eigenvalue weighted by atomic mass is 28.2. The van der Waals surface area contributed by atoms with Gasteiger partial charge in [0.1, 0.15) is 0 Å². The van der Waals surface area contributed by atoms with E-state index in [4.69, 9.17) is 14.6 Å². The van der Waals surface area contributed by atoms with Gasteiger partial charge in [0.15, 0.2) is 19.5 Å². The van der Waals surface area contributed by atoms with Gasteiger partial charge in [0.25, 0.3) is 0 Å². The minimum absolute atomic E-state index is 0.305. The van der Waals surface area contributed by atoms with Gasteiger partial charge in [-0.2, -0.15) is 0 Å². The van der Waals surface area contributed by atoms with E-state index in [1.54, 1.807) is 4.90 Å². The van der Waals surface area contributed by atoms with Gasteiger partial charge in [-0.05, 0) is 37.8 Å². The lowest BCUT2D eigenvalue weighted by Gasteiger charge is -2.23. The van der Waals surface area contributed by atoms with Gasteiger partial charge in [-0.25, -0.2) is 4.79 Å². The zero-order chi connectivity index (χ0) is 15.4. The molecule has 0 radical (unpaired) electrons. The Kier molecular flexibility index (Phi) is 12.1. The van der Waals surface area contributed by atoms with Crippen molar-refractivity contribution in [1.29, 1.82) is 0 Å². The van der Waals surface area contributed by atoms with Crippen LogP contribution in [0, 0.1) is 0 Å². The molecule has 0 bridgehead atoms. The summed E-state index contributed by atoms with van der Waals surface area (Å²) >= 11 is 0. The van der Waals surface area contributed by atoms with Crippen molar-refractivity contribution in [2.24, 2.45) is 5.73 Å². The Labute approximate surface area is 128 Å². The maximum Gasteiger partial charge on any atom is 0.314 e. The summed E-state index contributed by atoms with van der Waals surface area (Å²) in [6.07, 6.45) is 1.98. The topological polar surface area (TPSA) is 64.8 Å². The van der Waals surface area contributed by atoms with Crippen LogP contribution in [0.3, 0.4) is 0 Å². The molecular weight excluding hydrogens is 288 g/mol. The SMILES string of the molecule is CCO[SiH2]C(C)CCN(CCC(C)[SiH2]OCC)C(N)=O. The molecule has 0 aliphatic heterocycles. The molecule has 20 heavy (non-hydrogen) atoms. The van der Waals surface area contributed by atoms with Crippen molar-refractivity contribution in [2.75, 3.05) is 26.3 Å². The molecule has 120 valence electrons. The lowest BCUT2D eigenvalue weighted by atomic mass is 10.2. The minimum atomic E-state index is -0.465. The average molecular weight is 321 g/mol. The third-order valence-electron chi connectivity index (χ3n) is 3.31. The summed E-state index contributed by atoms with van der Waals surface area (Å²) in [5.41, 5.74) is 6.64. The average Bonchev–Trinajstić information content (AvgIpc) is 2.42. The van der Waals surface area contributed by atoms with Crippen LogP contribution in [0.2, 0.25) is 11.1 Å². The number of hydrogen-bond acceptors (Lipinski definition) is 3. The molecule has 0 aliphatic carbocycles. The Morgan fingerprint density at radius 2 is 1.45 bits per heavy atom. The van der Waals surface area contributed by atoms with Crippen molar-refractivity contribution in [1.82, 2.24) is 4.90 Å². The van der Waals surface area contributed by atoms with Gasteiger partial charge in [-0.3, -0.25) is 0 Å². The van der Waals surface area contributed by atoms with Crippen LogP contribution in [0.25, 0.3) is 0 Å². The van der Waals surface area contributed by atoms with Crippen molar-refractivity contribution in [3.63, 3.8) is 0 Å². The number of hydrogen-bond donors (Lipinski definition) is 1. The fourth-order valence-corrected chi connectivity index (χ4v) is 3.86. The summed E-state index contributed by atoms with van der Waals surface area (Å²) in [7, 11) is -0.929. The smallest absolute Gasteiger partial charge is 0.314 e.